The third kappa shape index (κ3) is 2.88. The summed E-state index contributed by atoms with van der Waals surface area (Å²) in [6.45, 7) is 5.23. The summed E-state index contributed by atoms with van der Waals surface area (Å²) in [7, 11) is 1.84. The lowest BCUT2D eigenvalue weighted by Crippen LogP contribution is -2.28. The summed E-state index contributed by atoms with van der Waals surface area (Å²) in [6.07, 6.45) is 0. The van der Waals surface area contributed by atoms with Crippen LogP contribution in [0.25, 0.3) is 0 Å². The van der Waals surface area contributed by atoms with Crippen molar-refractivity contribution in [3.63, 3.8) is 0 Å². The lowest BCUT2D eigenvalue weighted by Gasteiger charge is -2.19. The Hall–Kier alpha value is -2.56. The van der Waals surface area contributed by atoms with Crippen LogP contribution in [0.3, 0.4) is 0 Å². The number of carbonyl (C=O) groups excluding carboxylic acids is 1. The summed E-state index contributed by atoms with van der Waals surface area (Å²) >= 11 is 0. The van der Waals surface area contributed by atoms with Crippen molar-refractivity contribution in [2.45, 2.75) is 26.2 Å². The highest BCUT2D eigenvalue weighted by atomic mass is 16.4. The lowest BCUT2D eigenvalue weighted by molar-refractivity contribution is -0.142. The largest absolute Gasteiger partial charge is 0.481 e. The van der Waals surface area contributed by atoms with Gasteiger partial charge in [0.2, 0.25) is 0 Å². The third-order valence-corrected chi connectivity index (χ3v) is 4.00. The minimum Gasteiger partial charge on any atom is -0.481 e. The van der Waals surface area contributed by atoms with Gasteiger partial charge in [-0.15, -0.1) is 0 Å². The standard InChI is InChI=1S/C17H20N2O3/c1-11-5-10-14(19(11)4)15(20)18-13-8-6-12(7-9-13)17(2,3)16(21)22/h5-10H,1-4H3,(H,18,20)(H,21,22). The average molecular weight is 300 g/mol. The Morgan fingerprint density at radius 3 is 2.14 bits per heavy atom. The van der Waals surface area contributed by atoms with Crippen molar-refractivity contribution in [3.05, 3.63) is 53.3 Å². The van der Waals surface area contributed by atoms with E-state index >= 15 is 0 Å². The molecule has 0 saturated heterocycles. The van der Waals surface area contributed by atoms with Gasteiger partial charge in [-0.05, 0) is 50.6 Å². The molecule has 0 fully saturated rings. The fraction of sp³-hybridized carbons (Fsp3) is 0.294. The molecule has 1 aromatic heterocycles. The van der Waals surface area contributed by atoms with Crippen LogP contribution in [-0.4, -0.2) is 21.6 Å². The quantitative estimate of drug-likeness (QED) is 0.912. The van der Waals surface area contributed by atoms with Gasteiger partial charge in [0, 0.05) is 18.4 Å². The fourth-order valence-corrected chi connectivity index (χ4v) is 2.13. The topological polar surface area (TPSA) is 71.3 Å². The molecular formula is C17H20N2O3. The van der Waals surface area contributed by atoms with Crippen molar-refractivity contribution in [1.82, 2.24) is 4.57 Å². The Kier molecular flexibility index (Phi) is 4.08. The van der Waals surface area contributed by atoms with Crippen LogP contribution >= 0.6 is 0 Å². The molecule has 22 heavy (non-hydrogen) atoms. The Labute approximate surface area is 129 Å². The number of aliphatic carboxylic acids is 1. The third-order valence-electron chi connectivity index (χ3n) is 4.00. The van der Waals surface area contributed by atoms with E-state index in [0.29, 0.717) is 16.9 Å². The van der Waals surface area contributed by atoms with Crippen molar-refractivity contribution >= 4 is 17.6 Å². The van der Waals surface area contributed by atoms with Crippen molar-refractivity contribution in [2.75, 3.05) is 5.32 Å². The van der Waals surface area contributed by atoms with Crippen LogP contribution in [0.5, 0.6) is 0 Å². The number of carbonyl (C=O) groups is 2. The van der Waals surface area contributed by atoms with Gasteiger partial charge >= 0.3 is 5.97 Å². The SMILES string of the molecule is Cc1ccc(C(=O)Nc2ccc(C(C)(C)C(=O)O)cc2)n1C. The number of nitrogens with zero attached hydrogens (tertiary/aromatic N) is 1. The predicted molar refractivity (Wildman–Crippen MR) is 85.2 cm³/mol. The molecule has 1 heterocycles. The number of hydrogen-bond acceptors (Lipinski definition) is 2. The number of carboxylic acid groups (broad SMARTS) is 1. The molecule has 1 aromatic carbocycles. The maximum Gasteiger partial charge on any atom is 0.313 e. The molecule has 2 aromatic rings. The first-order chi connectivity index (χ1) is 10.2. The molecular weight excluding hydrogens is 280 g/mol. The van der Waals surface area contributed by atoms with Gasteiger partial charge in [-0.1, -0.05) is 12.1 Å². The first-order valence-corrected chi connectivity index (χ1v) is 7.01. The van der Waals surface area contributed by atoms with Gasteiger partial charge in [0.05, 0.1) is 5.41 Å². The highest BCUT2D eigenvalue weighted by Gasteiger charge is 2.29. The zero-order valence-electron chi connectivity index (χ0n) is 13.2. The number of carboxylic acids is 1. The Morgan fingerprint density at radius 1 is 1.09 bits per heavy atom. The summed E-state index contributed by atoms with van der Waals surface area (Å²) in [5, 5.41) is 12.0. The van der Waals surface area contributed by atoms with Gasteiger partial charge in [-0.25, -0.2) is 0 Å². The van der Waals surface area contributed by atoms with E-state index in [0.717, 1.165) is 5.69 Å². The molecule has 0 radical (unpaired) electrons. The van der Waals surface area contributed by atoms with Gasteiger partial charge in [-0.2, -0.15) is 0 Å². The summed E-state index contributed by atoms with van der Waals surface area (Å²) in [4.78, 5) is 23.4. The molecule has 5 nitrogen and oxygen atoms in total. The summed E-state index contributed by atoms with van der Waals surface area (Å²) in [5.74, 6) is -1.08. The molecule has 0 spiro atoms. The van der Waals surface area contributed by atoms with Crippen LogP contribution in [-0.2, 0) is 17.3 Å². The van der Waals surface area contributed by atoms with Crippen molar-refractivity contribution in [2.24, 2.45) is 7.05 Å². The van der Waals surface area contributed by atoms with E-state index in [1.54, 1.807) is 44.2 Å². The second-order valence-corrected chi connectivity index (χ2v) is 5.88. The smallest absolute Gasteiger partial charge is 0.313 e. The summed E-state index contributed by atoms with van der Waals surface area (Å²) < 4.78 is 1.82. The van der Waals surface area contributed by atoms with Crippen molar-refractivity contribution < 1.29 is 14.7 Å². The van der Waals surface area contributed by atoms with Crippen LogP contribution in [0.1, 0.15) is 35.6 Å². The van der Waals surface area contributed by atoms with Crippen LogP contribution in [0.15, 0.2) is 36.4 Å². The molecule has 1 amide bonds. The number of anilines is 1. The van der Waals surface area contributed by atoms with Gasteiger partial charge in [0.15, 0.2) is 0 Å². The number of hydrogen-bond donors (Lipinski definition) is 2. The molecule has 2 rings (SSSR count). The first-order valence-electron chi connectivity index (χ1n) is 7.01. The zero-order valence-corrected chi connectivity index (χ0v) is 13.2. The lowest BCUT2D eigenvalue weighted by atomic mass is 9.85. The van der Waals surface area contributed by atoms with Crippen LogP contribution < -0.4 is 5.32 Å². The van der Waals surface area contributed by atoms with E-state index < -0.39 is 11.4 Å². The predicted octanol–water partition coefficient (Wildman–Crippen LogP) is 2.95. The maximum absolute atomic E-state index is 12.2. The van der Waals surface area contributed by atoms with Gasteiger partial charge in [0.25, 0.3) is 5.91 Å². The van der Waals surface area contributed by atoms with E-state index in [2.05, 4.69) is 5.32 Å². The first kappa shape index (κ1) is 15.8. The van der Waals surface area contributed by atoms with Crippen LogP contribution in [0.2, 0.25) is 0 Å². The van der Waals surface area contributed by atoms with Gasteiger partial charge in [-0.3, -0.25) is 9.59 Å². The van der Waals surface area contributed by atoms with Crippen LogP contribution in [0, 0.1) is 6.92 Å². The molecule has 2 N–H and O–H groups in total. The number of amides is 1. The van der Waals surface area contributed by atoms with Crippen molar-refractivity contribution in [1.29, 1.82) is 0 Å². The monoisotopic (exact) mass is 300 g/mol. The number of rotatable bonds is 4. The van der Waals surface area contributed by atoms with Crippen molar-refractivity contribution in [3.8, 4) is 0 Å². The number of aromatic nitrogens is 1. The molecule has 116 valence electrons. The Morgan fingerprint density at radius 2 is 1.68 bits per heavy atom. The molecule has 0 atom stereocenters. The number of aryl methyl sites for hydroxylation is 1. The van der Waals surface area contributed by atoms with E-state index in [9.17, 15) is 14.7 Å². The Bertz CT molecular complexity index is 712. The second kappa shape index (κ2) is 5.67. The minimum atomic E-state index is -0.961. The maximum atomic E-state index is 12.2. The average Bonchev–Trinajstić information content (AvgIpc) is 2.79. The molecule has 0 aliphatic heterocycles. The number of benzene rings is 1. The highest BCUT2D eigenvalue weighted by molar-refractivity contribution is 6.03. The highest BCUT2D eigenvalue weighted by Crippen LogP contribution is 2.25. The summed E-state index contributed by atoms with van der Waals surface area (Å²) in [5.41, 5.74) is 1.94. The summed E-state index contributed by atoms with van der Waals surface area (Å²) in [6, 6.07) is 10.5. The normalized spacial score (nSPS) is 11.3. The minimum absolute atomic E-state index is 0.194. The van der Waals surface area contributed by atoms with E-state index in [1.807, 2.05) is 24.6 Å². The molecule has 0 saturated carbocycles. The van der Waals surface area contributed by atoms with E-state index in [4.69, 9.17) is 0 Å². The molecule has 5 heteroatoms. The van der Waals surface area contributed by atoms with E-state index in [-0.39, 0.29) is 5.91 Å². The van der Waals surface area contributed by atoms with Gasteiger partial charge < -0.3 is 15.0 Å². The molecule has 0 aliphatic rings. The van der Waals surface area contributed by atoms with E-state index in [1.165, 1.54) is 0 Å². The Balaban J connectivity index is 2.17. The second-order valence-electron chi connectivity index (χ2n) is 5.88. The number of nitrogens with one attached hydrogen (secondary N) is 1. The molecule has 0 bridgehead atoms. The zero-order chi connectivity index (χ0) is 16.5. The molecule has 0 aliphatic carbocycles. The fourth-order valence-electron chi connectivity index (χ4n) is 2.13. The van der Waals surface area contributed by atoms with Gasteiger partial charge in [0.1, 0.15) is 5.69 Å². The molecule has 0 unspecified atom stereocenters. The van der Waals surface area contributed by atoms with Crippen LogP contribution in [0.4, 0.5) is 5.69 Å².